The van der Waals surface area contributed by atoms with E-state index in [0.717, 1.165) is 46.2 Å². The Bertz CT molecular complexity index is 1740. The predicted molar refractivity (Wildman–Crippen MR) is 185 cm³/mol. The largest absolute Gasteiger partial charge is 0.354 e. The van der Waals surface area contributed by atoms with E-state index in [9.17, 15) is 18.0 Å². The molecule has 0 fully saturated rings. The molecule has 7 nitrogen and oxygen atoms in total. The smallest absolute Gasteiger partial charge is 0.264 e. The van der Waals surface area contributed by atoms with Crippen LogP contribution >= 0.6 is 0 Å². The number of hydrogen-bond donors (Lipinski definition) is 1. The van der Waals surface area contributed by atoms with Crippen molar-refractivity contribution in [2.75, 3.05) is 17.4 Å². The number of nitrogens with zero attached hydrogens (tertiary/aromatic N) is 2. The second kappa shape index (κ2) is 15.7. The average Bonchev–Trinajstić information content (AvgIpc) is 3.03. The molecule has 0 aromatic heterocycles. The second-order valence-corrected chi connectivity index (χ2v) is 13.8. The van der Waals surface area contributed by atoms with Gasteiger partial charge in [-0.1, -0.05) is 103 Å². The number of carbonyl (C=O) groups is 2. The lowest BCUT2D eigenvalue weighted by molar-refractivity contribution is -0.140. The molecule has 0 aliphatic carbocycles. The number of hydrogen-bond acceptors (Lipinski definition) is 4. The van der Waals surface area contributed by atoms with Crippen LogP contribution in [0.25, 0.3) is 0 Å². The van der Waals surface area contributed by atoms with Crippen LogP contribution in [0.5, 0.6) is 0 Å². The van der Waals surface area contributed by atoms with E-state index in [1.165, 1.54) is 4.31 Å². The standard InChI is InChI=1S/C38H45N3O4S/c1-6-7-22-39-38(43)36(25-32-13-9-8-10-14-32)40(26-33-15-11-12-29(3)23-33)37(42)27-41(35-24-30(4)16-19-31(35)5)46(44,45)34-20-17-28(2)18-21-34/h8-21,23-24,36H,6-7,22,25-27H2,1-5H3,(H,39,43)/t36-/m1/s1. The van der Waals surface area contributed by atoms with Crippen LogP contribution in [0.1, 0.15) is 53.1 Å². The number of unbranched alkanes of at least 4 members (excludes halogenated alkanes) is 1. The molecule has 0 saturated carbocycles. The van der Waals surface area contributed by atoms with E-state index in [1.807, 2.05) is 94.4 Å². The molecule has 0 radical (unpaired) electrons. The maximum Gasteiger partial charge on any atom is 0.264 e. The van der Waals surface area contributed by atoms with Crippen LogP contribution < -0.4 is 9.62 Å². The van der Waals surface area contributed by atoms with Gasteiger partial charge in [-0.2, -0.15) is 0 Å². The molecule has 0 aliphatic heterocycles. The Balaban J connectivity index is 1.82. The van der Waals surface area contributed by atoms with E-state index in [0.29, 0.717) is 12.2 Å². The molecule has 1 atom stereocenters. The zero-order valence-electron chi connectivity index (χ0n) is 27.5. The maximum atomic E-state index is 14.7. The minimum atomic E-state index is -4.16. The molecule has 4 aromatic carbocycles. The summed E-state index contributed by atoms with van der Waals surface area (Å²) in [6.45, 7) is 9.81. The van der Waals surface area contributed by atoms with Crippen molar-refractivity contribution in [2.24, 2.45) is 0 Å². The van der Waals surface area contributed by atoms with Gasteiger partial charge >= 0.3 is 0 Å². The minimum absolute atomic E-state index is 0.0928. The molecule has 0 spiro atoms. The van der Waals surface area contributed by atoms with Crippen molar-refractivity contribution in [1.82, 2.24) is 10.2 Å². The van der Waals surface area contributed by atoms with Gasteiger partial charge in [0.15, 0.2) is 0 Å². The van der Waals surface area contributed by atoms with E-state index >= 15 is 0 Å². The Hall–Kier alpha value is -4.43. The predicted octanol–water partition coefficient (Wildman–Crippen LogP) is 6.67. The van der Waals surface area contributed by atoms with Crippen LogP contribution in [0.3, 0.4) is 0 Å². The summed E-state index contributed by atoms with van der Waals surface area (Å²) in [7, 11) is -4.16. The molecule has 242 valence electrons. The zero-order valence-corrected chi connectivity index (χ0v) is 28.3. The average molecular weight is 640 g/mol. The van der Waals surface area contributed by atoms with Gasteiger partial charge in [0.05, 0.1) is 10.6 Å². The van der Waals surface area contributed by atoms with Crippen molar-refractivity contribution >= 4 is 27.5 Å². The van der Waals surface area contributed by atoms with Gasteiger partial charge in [-0.05, 0) is 74.6 Å². The molecule has 8 heteroatoms. The van der Waals surface area contributed by atoms with Gasteiger partial charge in [-0.3, -0.25) is 13.9 Å². The monoisotopic (exact) mass is 639 g/mol. The van der Waals surface area contributed by atoms with Crippen molar-refractivity contribution in [1.29, 1.82) is 0 Å². The highest BCUT2D eigenvalue weighted by atomic mass is 32.2. The van der Waals surface area contributed by atoms with Gasteiger partial charge in [0.1, 0.15) is 12.6 Å². The van der Waals surface area contributed by atoms with Crippen LogP contribution in [0.2, 0.25) is 0 Å². The number of carbonyl (C=O) groups excluding carboxylic acids is 2. The Morgan fingerprint density at radius 3 is 2.09 bits per heavy atom. The summed E-state index contributed by atoms with van der Waals surface area (Å²) in [5.41, 5.74) is 5.72. The lowest BCUT2D eigenvalue weighted by Gasteiger charge is -2.34. The number of sulfonamides is 1. The van der Waals surface area contributed by atoms with Crippen LogP contribution in [-0.4, -0.2) is 44.3 Å². The van der Waals surface area contributed by atoms with Crippen molar-refractivity contribution in [3.8, 4) is 0 Å². The molecule has 4 rings (SSSR count). The molecule has 2 amide bonds. The maximum absolute atomic E-state index is 14.7. The van der Waals surface area contributed by atoms with Crippen molar-refractivity contribution in [3.63, 3.8) is 0 Å². The first-order chi connectivity index (χ1) is 22.0. The highest BCUT2D eigenvalue weighted by Gasteiger charge is 2.35. The van der Waals surface area contributed by atoms with Crippen LogP contribution in [0, 0.1) is 27.7 Å². The summed E-state index contributed by atoms with van der Waals surface area (Å²) < 4.78 is 29.8. The Morgan fingerprint density at radius 1 is 0.761 bits per heavy atom. The quantitative estimate of drug-likeness (QED) is 0.156. The van der Waals surface area contributed by atoms with Gasteiger partial charge < -0.3 is 10.2 Å². The molecular weight excluding hydrogens is 595 g/mol. The van der Waals surface area contributed by atoms with Crippen molar-refractivity contribution in [2.45, 2.75) is 71.4 Å². The summed E-state index contributed by atoms with van der Waals surface area (Å²) >= 11 is 0. The van der Waals surface area contributed by atoms with E-state index < -0.39 is 28.5 Å². The summed E-state index contributed by atoms with van der Waals surface area (Å²) in [6.07, 6.45) is 2.01. The molecule has 1 N–H and O–H groups in total. The Kier molecular flexibility index (Phi) is 11.8. The number of amides is 2. The van der Waals surface area contributed by atoms with Crippen LogP contribution in [0.15, 0.2) is 102 Å². The highest BCUT2D eigenvalue weighted by molar-refractivity contribution is 7.92. The lowest BCUT2D eigenvalue weighted by Crippen LogP contribution is -2.53. The van der Waals surface area contributed by atoms with Gasteiger partial charge in [-0.25, -0.2) is 8.42 Å². The van der Waals surface area contributed by atoms with Gasteiger partial charge in [0, 0.05) is 19.5 Å². The lowest BCUT2D eigenvalue weighted by atomic mass is 10.0. The SMILES string of the molecule is CCCCNC(=O)[C@@H](Cc1ccccc1)N(Cc1cccc(C)c1)C(=O)CN(c1cc(C)ccc1C)S(=O)(=O)c1ccc(C)cc1. The summed E-state index contributed by atoms with van der Waals surface area (Å²) in [6, 6.07) is 28.7. The van der Waals surface area contributed by atoms with E-state index in [-0.39, 0.29) is 23.8 Å². The van der Waals surface area contributed by atoms with Crippen LogP contribution in [-0.2, 0) is 32.6 Å². The number of rotatable bonds is 14. The molecular formula is C38H45N3O4S. The number of anilines is 1. The van der Waals surface area contributed by atoms with Crippen molar-refractivity contribution in [3.05, 3.63) is 130 Å². The zero-order chi connectivity index (χ0) is 33.3. The van der Waals surface area contributed by atoms with Gasteiger partial charge in [0.2, 0.25) is 11.8 Å². The van der Waals surface area contributed by atoms with Gasteiger partial charge in [-0.15, -0.1) is 0 Å². The third-order valence-corrected chi connectivity index (χ3v) is 9.83. The summed E-state index contributed by atoms with van der Waals surface area (Å²) in [4.78, 5) is 30.2. The normalized spacial score (nSPS) is 11.9. The molecule has 4 aromatic rings. The minimum Gasteiger partial charge on any atom is -0.354 e. The first-order valence-corrected chi connectivity index (χ1v) is 17.3. The fraction of sp³-hybridized carbons (Fsp3) is 0.316. The topological polar surface area (TPSA) is 86.8 Å². The summed E-state index contributed by atoms with van der Waals surface area (Å²) in [5.74, 6) is -0.734. The fourth-order valence-corrected chi connectivity index (χ4v) is 6.88. The molecule has 0 heterocycles. The number of benzene rings is 4. The van der Waals surface area contributed by atoms with E-state index in [2.05, 4.69) is 12.2 Å². The molecule has 0 unspecified atom stereocenters. The second-order valence-electron chi connectivity index (χ2n) is 12.0. The van der Waals surface area contributed by atoms with Gasteiger partial charge in [0.25, 0.3) is 10.0 Å². The fourth-order valence-electron chi connectivity index (χ4n) is 5.41. The third-order valence-electron chi connectivity index (χ3n) is 8.06. The number of aryl methyl sites for hydroxylation is 4. The number of nitrogens with one attached hydrogen (secondary N) is 1. The third kappa shape index (κ3) is 8.85. The molecule has 46 heavy (non-hydrogen) atoms. The van der Waals surface area contributed by atoms with E-state index in [4.69, 9.17) is 0 Å². The molecule has 0 aliphatic rings. The summed E-state index contributed by atoms with van der Waals surface area (Å²) in [5, 5.41) is 3.03. The van der Waals surface area contributed by atoms with Crippen molar-refractivity contribution < 1.29 is 18.0 Å². The first kappa shape index (κ1) is 34.4. The highest BCUT2D eigenvalue weighted by Crippen LogP contribution is 2.29. The Morgan fingerprint density at radius 2 is 1.41 bits per heavy atom. The molecule has 0 saturated heterocycles. The van der Waals surface area contributed by atoms with E-state index in [1.54, 1.807) is 35.2 Å². The first-order valence-electron chi connectivity index (χ1n) is 15.8. The molecule has 0 bridgehead atoms. The van der Waals surface area contributed by atoms with Crippen LogP contribution in [0.4, 0.5) is 5.69 Å². The Labute approximate surface area is 274 Å².